The zero-order chi connectivity index (χ0) is 15.7. The number of rotatable bonds is 3. The molecule has 2 aromatic carbocycles. The van der Waals surface area contributed by atoms with Crippen LogP contribution in [0.5, 0.6) is 17.2 Å². The van der Waals surface area contributed by atoms with Crippen LogP contribution in [0.2, 0.25) is 0 Å². The highest BCUT2D eigenvalue weighted by molar-refractivity contribution is 7.85. The predicted octanol–water partition coefficient (Wildman–Crippen LogP) is 4.29. The molecule has 0 saturated heterocycles. The summed E-state index contributed by atoms with van der Waals surface area (Å²) in [6.45, 7) is -0.470. The largest absolute Gasteiger partial charge is 0.493 e. The van der Waals surface area contributed by atoms with Gasteiger partial charge in [-0.2, -0.15) is 13.2 Å². The molecule has 2 aromatic rings. The van der Waals surface area contributed by atoms with Crippen LogP contribution in [-0.4, -0.2) is 17.0 Å². The van der Waals surface area contributed by atoms with Crippen LogP contribution in [0.4, 0.5) is 13.2 Å². The van der Waals surface area contributed by atoms with Crippen LogP contribution in [0.3, 0.4) is 0 Å². The van der Waals surface area contributed by atoms with Gasteiger partial charge in [0.2, 0.25) is 0 Å². The van der Waals surface area contributed by atoms with Gasteiger partial charge in [-0.3, -0.25) is 0 Å². The standard InChI is InChI=1S/C15H11F3O3S/c16-15(17,18)7-8-20-10-5-6-14-12(9-10)21-11-3-1-2-4-13(11)22(14)19/h1-6,9H,7-8H2. The van der Waals surface area contributed by atoms with E-state index >= 15 is 0 Å². The van der Waals surface area contributed by atoms with E-state index in [0.29, 0.717) is 21.3 Å². The fourth-order valence-electron chi connectivity index (χ4n) is 2.02. The summed E-state index contributed by atoms with van der Waals surface area (Å²) in [5, 5.41) is 0. The lowest BCUT2D eigenvalue weighted by molar-refractivity contribution is -0.139. The third kappa shape index (κ3) is 3.09. The summed E-state index contributed by atoms with van der Waals surface area (Å²) < 4.78 is 59.4. The molecule has 1 heterocycles. The van der Waals surface area contributed by atoms with E-state index in [0.717, 1.165) is 0 Å². The van der Waals surface area contributed by atoms with Gasteiger partial charge >= 0.3 is 6.18 Å². The molecule has 0 amide bonds. The molecule has 0 bridgehead atoms. The summed E-state index contributed by atoms with van der Waals surface area (Å²) >= 11 is 0. The number of alkyl halides is 3. The van der Waals surface area contributed by atoms with Crippen LogP contribution < -0.4 is 9.47 Å². The van der Waals surface area contributed by atoms with Gasteiger partial charge in [0.1, 0.15) is 17.2 Å². The molecule has 3 rings (SSSR count). The van der Waals surface area contributed by atoms with Crippen molar-refractivity contribution < 1.29 is 26.9 Å². The Labute approximate surface area is 127 Å². The molecule has 1 atom stereocenters. The minimum atomic E-state index is -4.26. The first-order valence-electron chi connectivity index (χ1n) is 6.46. The van der Waals surface area contributed by atoms with Gasteiger partial charge in [-0.05, 0) is 24.3 Å². The Bertz CT molecular complexity index is 728. The Morgan fingerprint density at radius 3 is 2.55 bits per heavy atom. The molecular formula is C15H11F3O3S. The fraction of sp³-hybridized carbons (Fsp3) is 0.200. The van der Waals surface area contributed by atoms with Gasteiger partial charge in [-0.15, -0.1) is 0 Å². The lowest BCUT2D eigenvalue weighted by Gasteiger charge is -2.20. The molecule has 0 aromatic heterocycles. The van der Waals surface area contributed by atoms with Crippen molar-refractivity contribution in [1.82, 2.24) is 0 Å². The molecular weight excluding hydrogens is 317 g/mol. The van der Waals surface area contributed by atoms with Crippen molar-refractivity contribution in [1.29, 1.82) is 0 Å². The topological polar surface area (TPSA) is 35.5 Å². The first-order chi connectivity index (χ1) is 10.4. The Morgan fingerprint density at radius 1 is 1.05 bits per heavy atom. The molecule has 0 saturated carbocycles. The van der Waals surface area contributed by atoms with E-state index in [2.05, 4.69) is 0 Å². The summed E-state index contributed by atoms with van der Waals surface area (Å²) in [4.78, 5) is 1.04. The van der Waals surface area contributed by atoms with E-state index in [9.17, 15) is 17.4 Å². The molecule has 0 spiro atoms. The third-order valence-corrected chi connectivity index (χ3v) is 4.51. The zero-order valence-electron chi connectivity index (χ0n) is 11.2. The Kier molecular flexibility index (Phi) is 3.82. The monoisotopic (exact) mass is 328 g/mol. The third-order valence-electron chi connectivity index (χ3n) is 3.04. The van der Waals surface area contributed by atoms with Crippen LogP contribution in [-0.2, 0) is 10.8 Å². The summed E-state index contributed by atoms with van der Waals surface area (Å²) in [5.74, 6) is 1.06. The first kappa shape index (κ1) is 14.9. The Morgan fingerprint density at radius 2 is 1.77 bits per heavy atom. The van der Waals surface area contributed by atoms with Crippen molar-refractivity contribution >= 4 is 10.8 Å². The second kappa shape index (κ2) is 5.64. The van der Waals surface area contributed by atoms with Crippen molar-refractivity contribution in [3.8, 4) is 17.2 Å². The molecule has 1 aliphatic rings. The van der Waals surface area contributed by atoms with E-state index in [1.807, 2.05) is 0 Å². The van der Waals surface area contributed by atoms with Gasteiger partial charge < -0.3 is 9.47 Å². The molecule has 1 unspecified atom stereocenters. The lowest BCUT2D eigenvalue weighted by atomic mass is 10.3. The number of halogens is 3. The number of para-hydroxylation sites is 1. The summed E-state index contributed by atoms with van der Waals surface area (Å²) in [5.41, 5.74) is 0. The number of hydrogen-bond donors (Lipinski definition) is 0. The van der Waals surface area contributed by atoms with Crippen molar-refractivity contribution in [2.75, 3.05) is 6.61 Å². The molecule has 116 valence electrons. The van der Waals surface area contributed by atoms with Crippen molar-refractivity contribution in [3.05, 3.63) is 42.5 Å². The smallest absolute Gasteiger partial charge is 0.392 e. The van der Waals surface area contributed by atoms with Crippen LogP contribution in [0.25, 0.3) is 0 Å². The quantitative estimate of drug-likeness (QED) is 0.719. The predicted molar refractivity (Wildman–Crippen MR) is 73.8 cm³/mol. The second-order valence-corrected chi connectivity index (χ2v) is 6.06. The highest BCUT2D eigenvalue weighted by atomic mass is 32.2. The maximum absolute atomic E-state index is 12.4. The molecule has 1 aliphatic heterocycles. The van der Waals surface area contributed by atoms with Crippen molar-refractivity contribution in [2.24, 2.45) is 0 Å². The van der Waals surface area contributed by atoms with E-state index in [1.54, 1.807) is 30.3 Å². The lowest BCUT2D eigenvalue weighted by Crippen LogP contribution is -2.13. The first-order valence-corrected chi connectivity index (χ1v) is 7.61. The average molecular weight is 328 g/mol. The van der Waals surface area contributed by atoms with E-state index < -0.39 is 30.0 Å². The molecule has 3 nitrogen and oxygen atoms in total. The van der Waals surface area contributed by atoms with Gasteiger partial charge in [0, 0.05) is 6.07 Å². The van der Waals surface area contributed by atoms with Crippen LogP contribution in [0.15, 0.2) is 52.3 Å². The maximum Gasteiger partial charge on any atom is 0.392 e. The Hall–Kier alpha value is -2.02. The number of fused-ring (bicyclic) bond motifs is 2. The van der Waals surface area contributed by atoms with Gasteiger partial charge in [0.05, 0.1) is 33.6 Å². The molecule has 7 heteroatoms. The summed E-state index contributed by atoms with van der Waals surface area (Å²) in [6, 6.07) is 11.4. The molecule has 0 aliphatic carbocycles. The number of hydrogen-bond acceptors (Lipinski definition) is 3. The second-order valence-electron chi connectivity index (χ2n) is 4.64. The van der Waals surface area contributed by atoms with E-state index in [4.69, 9.17) is 9.47 Å². The average Bonchev–Trinajstić information content (AvgIpc) is 2.46. The van der Waals surface area contributed by atoms with E-state index in [-0.39, 0.29) is 5.75 Å². The zero-order valence-corrected chi connectivity index (χ0v) is 12.0. The molecule has 0 fully saturated rings. The Balaban J connectivity index is 1.80. The van der Waals surface area contributed by atoms with Gasteiger partial charge in [0.25, 0.3) is 0 Å². The van der Waals surface area contributed by atoms with E-state index in [1.165, 1.54) is 12.1 Å². The van der Waals surface area contributed by atoms with Crippen LogP contribution >= 0.6 is 0 Å². The minimum absolute atomic E-state index is 0.249. The van der Waals surface area contributed by atoms with Crippen LogP contribution in [0.1, 0.15) is 6.42 Å². The van der Waals surface area contributed by atoms with Gasteiger partial charge in [-0.1, -0.05) is 12.1 Å². The highest BCUT2D eigenvalue weighted by Crippen LogP contribution is 2.41. The number of ether oxygens (including phenoxy) is 2. The minimum Gasteiger partial charge on any atom is -0.493 e. The van der Waals surface area contributed by atoms with Gasteiger partial charge in [-0.25, -0.2) is 4.21 Å². The normalized spacial score (nSPS) is 16.4. The molecule has 0 radical (unpaired) electrons. The van der Waals surface area contributed by atoms with Crippen molar-refractivity contribution in [3.63, 3.8) is 0 Å². The SMILES string of the molecule is O=S1c2ccccc2Oc2cc(OCCC(F)(F)F)ccc21. The maximum atomic E-state index is 12.4. The fourth-order valence-corrected chi connectivity index (χ4v) is 3.23. The highest BCUT2D eigenvalue weighted by Gasteiger charge is 2.27. The summed E-state index contributed by atoms with van der Waals surface area (Å²) in [7, 11) is -1.38. The molecule has 0 N–H and O–H groups in total. The van der Waals surface area contributed by atoms with Crippen LogP contribution in [0, 0.1) is 0 Å². The van der Waals surface area contributed by atoms with Gasteiger partial charge in [0.15, 0.2) is 0 Å². The van der Waals surface area contributed by atoms with Crippen molar-refractivity contribution in [2.45, 2.75) is 22.4 Å². The number of benzene rings is 2. The molecule has 22 heavy (non-hydrogen) atoms. The summed E-state index contributed by atoms with van der Waals surface area (Å²) in [6.07, 6.45) is -5.29.